The number of piperazine rings is 1. The first kappa shape index (κ1) is 18.1. The maximum absolute atomic E-state index is 12.8. The van der Waals surface area contributed by atoms with Crippen molar-refractivity contribution in [2.45, 2.75) is 19.8 Å². The van der Waals surface area contributed by atoms with Gasteiger partial charge in [-0.2, -0.15) is 17.0 Å². The second-order valence-corrected chi connectivity index (χ2v) is 8.66. The van der Waals surface area contributed by atoms with E-state index in [1.807, 2.05) is 4.90 Å². The van der Waals surface area contributed by atoms with Gasteiger partial charge < -0.3 is 15.0 Å². The number of imidazole rings is 1. The van der Waals surface area contributed by atoms with E-state index >= 15 is 0 Å². The SMILES string of the molecule is CC1CCN(S(=O)(=O)N2CCN(c3c([N+](=O)[O-])ncn3C)CC2)CC1. The van der Waals surface area contributed by atoms with Gasteiger partial charge in [0, 0.05) is 46.3 Å². The van der Waals surface area contributed by atoms with Crippen LogP contribution in [0.4, 0.5) is 11.6 Å². The molecule has 0 saturated carbocycles. The number of anilines is 1. The minimum Gasteiger partial charge on any atom is -0.358 e. The fourth-order valence-electron chi connectivity index (χ4n) is 3.41. The van der Waals surface area contributed by atoms with Crippen molar-refractivity contribution in [2.24, 2.45) is 13.0 Å². The molecule has 0 aliphatic carbocycles. The predicted molar refractivity (Wildman–Crippen MR) is 92.5 cm³/mol. The van der Waals surface area contributed by atoms with Crippen LogP contribution in [0.5, 0.6) is 0 Å². The van der Waals surface area contributed by atoms with Crippen molar-refractivity contribution in [3.63, 3.8) is 0 Å². The number of nitrogens with zero attached hydrogens (tertiary/aromatic N) is 6. The van der Waals surface area contributed by atoms with Crippen molar-refractivity contribution in [3.05, 3.63) is 16.4 Å². The molecular weight excluding hydrogens is 348 g/mol. The Kier molecular flexibility index (Phi) is 4.98. The van der Waals surface area contributed by atoms with Crippen LogP contribution >= 0.6 is 0 Å². The van der Waals surface area contributed by atoms with Crippen molar-refractivity contribution >= 4 is 21.8 Å². The molecule has 2 aliphatic heterocycles. The number of rotatable bonds is 4. The Morgan fingerprint density at radius 1 is 1.12 bits per heavy atom. The Morgan fingerprint density at radius 3 is 2.24 bits per heavy atom. The quantitative estimate of drug-likeness (QED) is 0.560. The van der Waals surface area contributed by atoms with Gasteiger partial charge in [0.15, 0.2) is 0 Å². The lowest BCUT2D eigenvalue weighted by atomic mass is 10.0. The van der Waals surface area contributed by atoms with E-state index in [0.717, 1.165) is 12.8 Å². The Labute approximate surface area is 147 Å². The van der Waals surface area contributed by atoms with Crippen LogP contribution in [0.3, 0.4) is 0 Å². The molecule has 1 aromatic heterocycles. The minimum absolute atomic E-state index is 0.191. The van der Waals surface area contributed by atoms with Gasteiger partial charge in [-0.05, 0) is 28.7 Å². The van der Waals surface area contributed by atoms with E-state index in [1.54, 1.807) is 15.9 Å². The van der Waals surface area contributed by atoms with Gasteiger partial charge in [0.25, 0.3) is 10.2 Å². The summed E-state index contributed by atoms with van der Waals surface area (Å²) in [6.07, 6.45) is 3.19. The normalized spacial score (nSPS) is 21.6. The first-order chi connectivity index (χ1) is 11.8. The highest BCUT2D eigenvalue weighted by Gasteiger charge is 2.36. The molecule has 10 nitrogen and oxygen atoms in total. The van der Waals surface area contributed by atoms with Gasteiger partial charge in [-0.25, -0.2) is 0 Å². The third kappa shape index (κ3) is 3.48. The third-order valence-electron chi connectivity index (χ3n) is 4.99. The van der Waals surface area contributed by atoms with Crippen LogP contribution < -0.4 is 4.90 Å². The molecule has 0 unspecified atom stereocenters. The topological polar surface area (TPSA) is 105 Å². The molecule has 2 aliphatic rings. The summed E-state index contributed by atoms with van der Waals surface area (Å²) in [7, 11) is -1.75. The smallest absolute Gasteiger partial charge is 0.358 e. The molecule has 0 bridgehead atoms. The molecule has 0 atom stereocenters. The summed E-state index contributed by atoms with van der Waals surface area (Å²) >= 11 is 0. The van der Waals surface area contributed by atoms with E-state index in [0.29, 0.717) is 51.0 Å². The summed E-state index contributed by atoms with van der Waals surface area (Å²) in [6.45, 7) is 4.72. The number of hydrogen-bond acceptors (Lipinski definition) is 6. The summed E-state index contributed by atoms with van der Waals surface area (Å²) in [6, 6.07) is 0. The average Bonchev–Trinajstić information content (AvgIpc) is 2.97. The lowest BCUT2D eigenvalue weighted by Crippen LogP contribution is -2.54. The molecule has 3 rings (SSSR count). The predicted octanol–water partition coefficient (Wildman–Crippen LogP) is 0.427. The fraction of sp³-hybridized carbons (Fsp3) is 0.786. The van der Waals surface area contributed by atoms with E-state index in [2.05, 4.69) is 11.9 Å². The van der Waals surface area contributed by atoms with Gasteiger partial charge in [-0.3, -0.25) is 4.57 Å². The van der Waals surface area contributed by atoms with E-state index in [1.165, 1.54) is 10.6 Å². The standard InChI is InChI=1S/C14H24N6O4S/c1-12-3-5-18(6-4-12)25(23,24)19-9-7-17(8-10-19)14-13(20(21)22)15-11-16(14)2/h11-12H,3-10H2,1-2H3. The van der Waals surface area contributed by atoms with Gasteiger partial charge in [-0.15, -0.1) is 0 Å². The molecule has 0 aromatic carbocycles. The van der Waals surface area contributed by atoms with E-state index in [9.17, 15) is 18.5 Å². The molecule has 11 heteroatoms. The largest absolute Gasteiger partial charge is 0.406 e. The molecule has 0 N–H and O–H groups in total. The van der Waals surface area contributed by atoms with E-state index in [-0.39, 0.29) is 5.82 Å². The van der Waals surface area contributed by atoms with Crippen LogP contribution in [0.1, 0.15) is 19.8 Å². The van der Waals surface area contributed by atoms with E-state index in [4.69, 9.17) is 0 Å². The Hall–Kier alpha value is -1.72. The highest BCUT2D eigenvalue weighted by molar-refractivity contribution is 7.86. The van der Waals surface area contributed by atoms with Crippen LogP contribution in [0.25, 0.3) is 0 Å². The molecule has 2 saturated heterocycles. The zero-order valence-electron chi connectivity index (χ0n) is 14.5. The molecule has 1 aromatic rings. The number of hydrogen-bond donors (Lipinski definition) is 0. The Morgan fingerprint density at radius 2 is 1.68 bits per heavy atom. The molecule has 0 spiro atoms. The van der Waals surface area contributed by atoms with Crippen molar-refractivity contribution in [2.75, 3.05) is 44.2 Å². The maximum Gasteiger partial charge on any atom is 0.406 e. The van der Waals surface area contributed by atoms with Crippen LogP contribution in [-0.4, -0.2) is 70.8 Å². The highest BCUT2D eigenvalue weighted by Crippen LogP contribution is 2.28. The second-order valence-electron chi connectivity index (χ2n) is 6.74. The summed E-state index contributed by atoms with van der Waals surface area (Å²) in [5.41, 5.74) is 0. The highest BCUT2D eigenvalue weighted by atomic mass is 32.2. The monoisotopic (exact) mass is 372 g/mol. The number of nitro groups is 1. The lowest BCUT2D eigenvalue weighted by molar-refractivity contribution is -0.388. The van der Waals surface area contributed by atoms with Crippen LogP contribution in [0, 0.1) is 16.0 Å². The molecule has 140 valence electrons. The second kappa shape index (κ2) is 6.89. The molecule has 3 heterocycles. The Bertz CT molecular complexity index is 733. The number of aromatic nitrogens is 2. The molecule has 0 amide bonds. The molecule has 25 heavy (non-hydrogen) atoms. The first-order valence-corrected chi connectivity index (χ1v) is 9.86. The minimum atomic E-state index is -3.45. The number of piperidine rings is 1. The van der Waals surface area contributed by atoms with Gasteiger partial charge >= 0.3 is 5.82 Å². The first-order valence-electron chi connectivity index (χ1n) is 8.46. The summed E-state index contributed by atoms with van der Waals surface area (Å²) in [4.78, 5) is 16.3. The summed E-state index contributed by atoms with van der Waals surface area (Å²) in [5, 5.41) is 11.1. The van der Waals surface area contributed by atoms with Crippen molar-refractivity contribution in [1.29, 1.82) is 0 Å². The van der Waals surface area contributed by atoms with Crippen molar-refractivity contribution in [1.82, 2.24) is 18.2 Å². The summed E-state index contributed by atoms with van der Waals surface area (Å²) < 4.78 is 30.2. The maximum atomic E-state index is 12.8. The zero-order valence-corrected chi connectivity index (χ0v) is 15.4. The van der Waals surface area contributed by atoms with Crippen LogP contribution in [0.2, 0.25) is 0 Å². The Balaban J connectivity index is 1.68. The summed E-state index contributed by atoms with van der Waals surface area (Å²) in [5.74, 6) is 0.798. The molecule has 2 fully saturated rings. The van der Waals surface area contributed by atoms with Gasteiger partial charge in [-0.1, -0.05) is 6.92 Å². The van der Waals surface area contributed by atoms with Crippen LogP contribution in [0.15, 0.2) is 6.33 Å². The molecular formula is C14H24N6O4S. The van der Waals surface area contributed by atoms with Gasteiger partial charge in [0.1, 0.15) is 0 Å². The van der Waals surface area contributed by atoms with Crippen molar-refractivity contribution < 1.29 is 13.3 Å². The lowest BCUT2D eigenvalue weighted by Gasteiger charge is -2.38. The van der Waals surface area contributed by atoms with Gasteiger partial charge in [0.05, 0.1) is 0 Å². The van der Waals surface area contributed by atoms with Crippen LogP contribution in [-0.2, 0) is 17.3 Å². The third-order valence-corrected chi connectivity index (χ3v) is 7.03. The zero-order chi connectivity index (χ0) is 18.2. The van der Waals surface area contributed by atoms with Gasteiger partial charge in [0.2, 0.25) is 12.1 Å². The fourth-order valence-corrected chi connectivity index (χ4v) is 5.04. The number of aryl methyl sites for hydroxylation is 1. The van der Waals surface area contributed by atoms with Crippen molar-refractivity contribution in [3.8, 4) is 0 Å². The average molecular weight is 372 g/mol. The van der Waals surface area contributed by atoms with E-state index < -0.39 is 15.1 Å². The molecule has 0 radical (unpaired) electrons.